The van der Waals surface area contributed by atoms with E-state index < -0.39 is 0 Å². The third kappa shape index (κ3) is 2.04. The van der Waals surface area contributed by atoms with E-state index in [1.807, 2.05) is 24.3 Å². The van der Waals surface area contributed by atoms with Crippen LogP contribution >= 0.6 is 0 Å². The molecule has 4 nitrogen and oxygen atoms in total. The van der Waals surface area contributed by atoms with Gasteiger partial charge in [0.15, 0.2) is 0 Å². The molecule has 0 aliphatic rings. The summed E-state index contributed by atoms with van der Waals surface area (Å²) in [5.74, 6) is 1.28. The van der Waals surface area contributed by atoms with E-state index in [9.17, 15) is 4.79 Å². The quantitative estimate of drug-likeness (QED) is 0.801. The second-order valence-electron chi connectivity index (χ2n) is 3.01. The Labute approximate surface area is 86.6 Å². The fraction of sp³-hybridized carbons (Fsp3) is 0.0909. The minimum atomic E-state index is -0.164. The van der Waals surface area contributed by atoms with E-state index in [-0.39, 0.29) is 5.56 Å². The number of H-pyrrole nitrogens is 1. The summed E-state index contributed by atoms with van der Waals surface area (Å²) in [6.07, 6.45) is 1.48. The van der Waals surface area contributed by atoms with Gasteiger partial charge in [0.05, 0.1) is 7.11 Å². The number of aromatic nitrogens is 2. The van der Waals surface area contributed by atoms with Gasteiger partial charge in [0.2, 0.25) is 0 Å². The zero-order valence-electron chi connectivity index (χ0n) is 8.23. The van der Waals surface area contributed by atoms with E-state index in [2.05, 4.69) is 9.97 Å². The number of nitrogens with one attached hydrogen (secondary N) is 1. The molecule has 0 fully saturated rings. The number of nitrogens with zero attached hydrogens (tertiary/aromatic N) is 1. The first-order valence-electron chi connectivity index (χ1n) is 4.49. The summed E-state index contributed by atoms with van der Waals surface area (Å²) in [6, 6.07) is 8.74. The normalized spacial score (nSPS) is 9.93. The van der Waals surface area contributed by atoms with Crippen molar-refractivity contribution in [1.29, 1.82) is 0 Å². The van der Waals surface area contributed by atoms with Crippen molar-refractivity contribution in [3.63, 3.8) is 0 Å². The second kappa shape index (κ2) is 3.96. The number of ether oxygens (including phenoxy) is 1. The molecule has 15 heavy (non-hydrogen) atoms. The molecule has 76 valence electrons. The van der Waals surface area contributed by atoms with Crippen molar-refractivity contribution in [2.45, 2.75) is 0 Å². The number of benzene rings is 1. The maximum absolute atomic E-state index is 11.1. The van der Waals surface area contributed by atoms with Crippen molar-refractivity contribution in [1.82, 2.24) is 9.97 Å². The number of hydrogen-bond acceptors (Lipinski definition) is 3. The molecule has 2 aromatic rings. The van der Waals surface area contributed by atoms with E-state index in [0.29, 0.717) is 5.82 Å². The number of rotatable bonds is 2. The molecule has 0 atom stereocenters. The standard InChI is InChI=1S/C11H10N2O2/c1-15-9-4-2-3-8(7-9)11-12-6-5-10(14)13-11/h2-7H,1H3,(H,12,13,14). The molecule has 1 N–H and O–H groups in total. The zero-order chi connectivity index (χ0) is 10.7. The van der Waals surface area contributed by atoms with E-state index in [0.717, 1.165) is 11.3 Å². The van der Waals surface area contributed by atoms with Crippen LogP contribution < -0.4 is 10.3 Å². The van der Waals surface area contributed by atoms with Crippen LogP contribution in [0.15, 0.2) is 41.3 Å². The zero-order valence-corrected chi connectivity index (χ0v) is 8.23. The van der Waals surface area contributed by atoms with Gasteiger partial charge >= 0.3 is 0 Å². The predicted molar refractivity (Wildman–Crippen MR) is 56.8 cm³/mol. The number of hydrogen-bond donors (Lipinski definition) is 1. The molecule has 0 bridgehead atoms. The van der Waals surface area contributed by atoms with Crippen molar-refractivity contribution < 1.29 is 4.74 Å². The average molecular weight is 202 g/mol. The highest BCUT2D eigenvalue weighted by Crippen LogP contribution is 2.19. The summed E-state index contributed by atoms with van der Waals surface area (Å²) >= 11 is 0. The lowest BCUT2D eigenvalue weighted by Gasteiger charge is -2.02. The lowest BCUT2D eigenvalue weighted by atomic mass is 10.2. The SMILES string of the molecule is COc1cccc(-c2nccc(=O)[nH]2)c1. The first-order chi connectivity index (χ1) is 7.29. The predicted octanol–water partition coefficient (Wildman–Crippen LogP) is 1.45. The average Bonchev–Trinajstić information content (AvgIpc) is 2.29. The van der Waals surface area contributed by atoms with E-state index in [4.69, 9.17) is 4.74 Å². The number of methoxy groups -OCH3 is 1. The van der Waals surface area contributed by atoms with Gasteiger partial charge in [-0.3, -0.25) is 4.79 Å². The van der Waals surface area contributed by atoms with Gasteiger partial charge in [-0.15, -0.1) is 0 Å². The monoisotopic (exact) mass is 202 g/mol. The van der Waals surface area contributed by atoms with E-state index in [1.165, 1.54) is 12.3 Å². The summed E-state index contributed by atoms with van der Waals surface area (Å²) in [5, 5.41) is 0. The Bertz CT molecular complexity index is 520. The Morgan fingerprint density at radius 1 is 1.33 bits per heavy atom. The maximum atomic E-state index is 11.1. The highest BCUT2D eigenvalue weighted by molar-refractivity contribution is 5.56. The van der Waals surface area contributed by atoms with Gasteiger partial charge in [-0.1, -0.05) is 12.1 Å². The Hall–Kier alpha value is -2.10. The Morgan fingerprint density at radius 2 is 2.20 bits per heavy atom. The minimum Gasteiger partial charge on any atom is -0.497 e. The summed E-state index contributed by atoms with van der Waals surface area (Å²) < 4.78 is 5.09. The molecule has 0 spiro atoms. The van der Waals surface area contributed by atoms with Crippen LogP contribution in [0.25, 0.3) is 11.4 Å². The lowest BCUT2D eigenvalue weighted by Crippen LogP contribution is -2.05. The fourth-order valence-electron chi connectivity index (χ4n) is 1.29. The van der Waals surface area contributed by atoms with Crippen molar-refractivity contribution in [3.8, 4) is 17.1 Å². The molecule has 0 aliphatic carbocycles. The van der Waals surface area contributed by atoms with Crippen LogP contribution in [0.3, 0.4) is 0 Å². The molecule has 1 aromatic carbocycles. The van der Waals surface area contributed by atoms with Gasteiger partial charge in [0.25, 0.3) is 5.56 Å². The minimum absolute atomic E-state index is 0.164. The first-order valence-corrected chi connectivity index (χ1v) is 4.49. The van der Waals surface area contributed by atoms with Crippen molar-refractivity contribution in [2.24, 2.45) is 0 Å². The summed E-state index contributed by atoms with van der Waals surface area (Å²) in [4.78, 5) is 17.8. The molecular weight excluding hydrogens is 192 g/mol. The third-order valence-electron chi connectivity index (χ3n) is 2.01. The highest BCUT2D eigenvalue weighted by atomic mass is 16.5. The molecule has 1 aromatic heterocycles. The van der Waals surface area contributed by atoms with Crippen LogP contribution in [-0.4, -0.2) is 17.1 Å². The number of aromatic amines is 1. The largest absolute Gasteiger partial charge is 0.497 e. The van der Waals surface area contributed by atoms with Crippen LogP contribution in [-0.2, 0) is 0 Å². The van der Waals surface area contributed by atoms with E-state index >= 15 is 0 Å². The van der Waals surface area contributed by atoms with Crippen LogP contribution in [0, 0.1) is 0 Å². The fourth-order valence-corrected chi connectivity index (χ4v) is 1.29. The topological polar surface area (TPSA) is 55.0 Å². The van der Waals surface area contributed by atoms with Crippen LogP contribution in [0.5, 0.6) is 5.75 Å². The summed E-state index contributed by atoms with van der Waals surface area (Å²) in [5.41, 5.74) is 0.662. The molecule has 0 radical (unpaired) electrons. The van der Waals surface area contributed by atoms with Gasteiger partial charge in [-0.2, -0.15) is 0 Å². The summed E-state index contributed by atoms with van der Waals surface area (Å²) in [7, 11) is 1.60. The second-order valence-corrected chi connectivity index (χ2v) is 3.01. The first kappa shape index (κ1) is 9.45. The molecule has 2 rings (SSSR count). The molecule has 1 heterocycles. The molecular formula is C11H10N2O2. The lowest BCUT2D eigenvalue weighted by molar-refractivity contribution is 0.415. The van der Waals surface area contributed by atoms with Crippen LogP contribution in [0.4, 0.5) is 0 Å². The van der Waals surface area contributed by atoms with Crippen LogP contribution in [0.2, 0.25) is 0 Å². The Balaban J connectivity index is 2.49. The smallest absolute Gasteiger partial charge is 0.251 e. The third-order valence-corrected chi connectivity index (χ3v) is 2.01. The van der Waals surface area contributed by atoms with Gasteiger partial charge < -0.3 is 9.72 Å². The molecule has 4 heteroatoms. The molecule has 0 aliphatic heterocycles. The van der Waals surface area contributed by atoms with Crippen LogP contribution in [0.1, 0.15) is 0 Å². The highest BCUT2D eigenvalue weighted by Gasteiger charge is 2.00. The Morgan fingerprint density at radius 3 is 2.93 bits per heavy atom. The molecule has 0 unspecified atom stereocenters. The summed E-state index contributed by atoms with van der Waals surface area (Å²) in [6.45, 7) is 0. The van der Waals surface area contributed by atoms with E-state index in [1.54, 1.807) is 7.11 Å². The van der Waals surface area contributed by atoms with Crippen molar-refractivity contribution >= 4 is 0 Å². The van der Waals surface area contributed by atoms with Gasteiger partial charge in [0.1, 0.15) is 11.6 Å². The molecule has 0 saturated carbocycles. The van der Waals surface area contributed by atoms with Gasteiger partial charge in [-0.25, -0.2) is 4.98 Å². The Kier molecular flexibility index (Phi) is 2.49. The van der Waals surface area contributed by atoms with Crippen molar-refractivity contribution in [3.05, 3.63) is 46.9 Å². The molecule has 0 amide bonds. The van der Waals surface area contributed by atoms with Crippen molar-refractivity contribution in [2.75, 3.05) is 7.11 Å². The van der Waals surface area contributed by atoms with Gasteiger partial charge in [0, 0.05) is 17.8 Å². The maximum Gasteiger partial charge on any atom is 0.251 e. The molecule has 0 saturated heterocycles. The van der Waals surface area contributed by atoms with Gasteiger partial charge in [-0.05, 0) is 12.1 Å².